The first-order valence-electron chi connectivity index (χ1n) is 4.88. The molecule has 0 aromatic carbocycles. The summed E-state index contributed by atoms with van der Waals surface area (Å²) in [6.45, 7) is 2.19. The van der Waals surface area contributed by atoms with Gasteiger partial charge in [0.05, 0.1) is 0 Å². The number of hydrogen-bond acceptors (Lipinski definition) is 5. The van der Waals surface area contributed by atoms with Gasteiger partial charge in [0, 0.05) is 24.2 Å². The largest absolute Gasteiger partial charge is 0.301 e. The second-order valence-electron chi connectivity index (χ2n) is 3.92. The van der Waals surface area contributed by atoms with E-state index in [-0.39, 0.29) is 0 Å². The summed E-state index contributed by atoms with van der Waals surface area (Å²) in [5, 5.41) is 0.792. The lowest BCUT2D eigenvalue weighted by Crippen LogP contribution is -2.19. The SMILES string of the molecule is CN(Cc1cnc(NN)s1)CC1CC1. The fourth-order valence-electron chi connectivity index (χ4n) is 1.52. The molecule has 3 N–H and O–H groups in total. The Morgan fingerprint density at radius 2 is 2.50 bits per heavy atom. The van der Waals surface area contributed by atoms with Crippen molar-refractivity contribution in [2.45, 2.75) is 19.4 Å². The van der Waals surface area contributed by atoms with Crippen molar-refractivity contribution in [2.75, 3.05) is 19.0 Å². The first-order valence-corrected chi connectivity index (χ1v) is 5.69. The van der Waals surface area contributed by atoms with Crippen molar-refractivity contribution in [1.29, 1.82) is 0 Å². The van der Waals surface area contributed by atoms with Gasteiger partial charge in [-0.15, -0.1) is 0 Å². The number of aromatic nitrogens is 1. The average Bonchev–Trinajstić information content (AvgIpc) is 2.83. The molecule has 1 saturated carbocycles. The van der Waals surface area contributed by atoms with E-state index in [4.69, 9.17) is 5.84 Å². The molecule has 0 bridgehead atoms. The van der Waals surface area contributed by atoms with Crippen molar-refractivity contribution < 1.29 is 0 Å². The van der Waals surface area contributed by atoms with Crippen molar-refractivity contribution >= 4 is 16.5 Å². The molecule has 14 heavy (non-hydrogen) atoms. The summed E-state index contributed by atoms with van der Waals surface area (Å²) in [5.41, 5.74) is 2.56. The van der Waals surface area contributed by atoms with Gasteiger partial charge in [-0.1, -0.05) is 11.3 Å². The molecule has 1 fully saturated rings. The summed E-state index contributed by atoms with van der Waals surface area (Å²) in [6, 6.07) is 0. The zero-order valence-electron chi connectivity index (χ0n) is 8.36. The van der Waals surface area contributed by atoms with E-state index in [9.17, 15) is 0 Å². The number of nitrogens with two attached hydrogens (primary N) is 1. The van der Waals surface area contributed by atoms with E-state index in [1.165, 1.54) is 24.3 Å². The van der Waals surface area contributed by atoms with E-state index in [2.05, 4.69) is 22.4 Å². The van der Waals surface area contributed by atoms with Gasteiger partial charge in [0.25, 0.3) is 0 Å². The number of nitrogen functional groups attached to an aromatic ring is 1. The molecule has 1 aliphatic carbocycles. The second kappa shape index (κ2) is 4.25. The number of rotatable bonds is 5. The zero-order valence-corrected chi connectivity index (χ0v) is 9.18. The van der Waals surface area contributed by atoms with Crippen molar-refractivity contribution in [3.05, 3.63) is 11.1 Å². The highest BCUT2D eigenvalue weighted by Gasteiger charge is 2.22. The van der Waals surface area contributed by atoms with E-state index in [0.29, 0.717) is 0 Å². The molecule has 0 amide bonds. The molecule has 0 radical (unpaired) electrons. The molecule has 0 spiro atoms. The van der Waals surface area contributed by atoms with Gasteiger partial charge in [-0.25, -0.2) is 10.8 Å². The van der Waals surface area contributed by atoms with E-state index < -0.39 is 0 Å². The Bertz CT molecular complexity index is 295. The van der Waals surface area contributed by atoms with Crippen LogP contribution in [-0.4, -0.2) is 23.5 Å². The van der Waals surface area contributed by atoms with Crippen LogP contribution in [0.25, 0.3) is 0 Å². The summed E-state index contributed by atoms with van der Waals surface area (Å²) in [6.07, 6.45) is 4.70. The van der Waals surface area contributed by atoms with Crippen LogP contribution < -0.4 is 11.3 Å². The third-order valence-corrected chi connectivity index (χ3v) is 3.28. The van der Waals surface area contributed by atoms with E-state index in [0.717, 1.165) is 17.6 Å². The lowest BCUT2D eigenvalue weighted by Gasteiger charge is -2.13. The van der Waals surface area contributed by atoms with Crippen molar-refractivity contribution in [3.63, 3.8) is 0 Å². The molecule has 5 heteroatoms. The standard InChI is InChI=1S/C9H16N4S/c1-13(5-7-2-3-7)6-8-4-11-9(12-10)14-8/h4,7H,2-3,5-6,10H2,1H3,(H,11,12). The second-order valence-corrected chi connectivity index (χ2v) is 5.03. The highest BCUT2D eigenvalue weighted by molar-refractivity contribution is 7.15. The number of nitrogens with zero attached hydrogens (tertiary/aromatic N) is 2. The highest BCUT2D eigenvalue weighted by atomic mass is 32.1. The maximum atomic E-state index is 5.27. The predicted octanol–water partition coefficient (Wildman–Crippen LogP) is 1.27. The minimum absolute atomic E-state index is 0.792. The summed E-state index contributed by atoms with van der Waals surface area (Å²) >= 11 is 1.62. The van der Waals surface area contributed by atoms with Gasteiger partial charge >= 0.3 is 0 Å². The quantitative estimate of drug-likeness (QED) is 0.570. The number of nitrogens with one attached hydrogen (secondary N) is 1. The van der Waals surface area contributed by atoms with Crippen LogP contribution in [0, 0.1) is 5.92 Å². The lowest BCUT2D eigenvalue weighted by atomic mass is 10.4. The molecular formula is C9H16N4S. The third-order valence-electron chi connectivity index (χ3n) is 2.37. The Balaban J connectivity index is 1.82. The summed E-state index contributed by atoms with van der Waals surface area (Å²) in [4.78, 5) is 7.76. The van der Waals surface area contributed by atoms with E-state index in [1.807, 2.05) is 6.20 Å². The molecule has 0 aliphatic heterocycles. The topological polar surface area (TPSA) is 54.2 Å². The first kappa shape index (κ1) is 9.89. The molecule has 78 valence electrons. The van der Waals surface area contributed by atoms with Gasteiger partial charge in [-0.05, 0) is 25.8 Å². The van der Waals surface area contributed by atoms with Gasteiger partial charge in [0.15, 0.2) is 5.13 Å². The lowest BCUT2D eigenvalue weighted by molar-refractivity contribution is 0.315. The Hall–Kier alpha value is -0.650. The van der Waals surface area contributed by atoms with Crippen LogP contribution >= 0.6 is 11.3 Å². The normalized spacial score (nSPS) is 16.2. The van der Waals surface area contributed by atoms with Gasteiger partial charge in [-0.2, -0.15) is 0 Å². The van der Waals surface area contributed by atoms with Crippen LogP contribution in [0.4, 0.5) is 5.13 Å². The zero-order chi connectivity index (χ0) is 9.97. The maximum Gasteiger partial charge on any atom is 0.197 e. The van der Waals surface area contributed by atoms with Crippen LogP contribution in [-0.2, 0) is 6.54 Å². The smallest absolute Gasteiger partial charge is 0.197 e. The average molecular weight is 212 g/mol. The van der Waals surface area contributed by atoms with Crippen LogP contribution in [0.15, 0.2) is 6.20 Å². The number of hydrogen-bond donors (Lipinski definition) is 2. The van der Waals surface area contributed by atoms with E-state index >= 15 is 0 Å². The molecule has 4 nitrogen and oxygen atoms in total. The number of anilines is 1. The van der Waals surface area contributed by atoms with Gasteiger partial charge < -0.3 is 4.90 Å². The van der Waals surface area contributed by atoms with Crippen LogP contribution in [0.3, 0.4) is 0 Å². The summed E-state index contributed by atoms with van der Waals surface area (Å²) in [5.74, 6) is 6.21. The third kappa shape index (κ3) is 2.67. The predicted molar refractivity (Wildman–Crippen MR) is 59.0 cm³/mol. The maximum absolute atomic E-state index is 5.27. The number of thiazole rings is 1. The monoisotopic (exact) mass is 212 g/mol. The minimum Gasteiger partial charge on any atom is -0.301 e. The van der Waals surface area contributed by atoms with Crippen LogP contribution in [0.2, 0.25) is 0 Å². The Kier molecular flexibility index (Phi) is 3.00. The molecule has 2 rings (SSSR count). The molecule has 0 saturated heterocycles. The summed E-state index contributed by atoms with van der Waals surface area (Å²) < 4.78 is 0. The van der Waals surface area contributed by atoms with Gasteiger partial charge in [0.1, 0.15) is 0 Å². The minimum atomic E-state index is 0.792. The Morgan fingerprint density at radius 3 is 3.07 bits per heavy atom. The number of hydrazine groups is 1. The van der Waals surface area contributed by atoms with Crippen molar-refractivity contribution in [3.8, 4) is 0 Å². The van der Waals surface area contributed by atoms with Gasteiger partial charge in [-0.3, -0.25) is 5.43 Å². The van der Waals surface area contributed by atoms with Crippen molar-refractivity contribution in [2.24, 2.45) is 11.8 Å². The molecule has 1 heterocycles. The fourth-order valence-corrected chi connectivity index (χ4v) is 2.32. The first-order chi connectivity index (χ1) is 6.78. The Morgan fingerprint density at radius 1 is 1.71 bits per heavy atom. The fraction of sp³-hybridized carbons (Fsp3) is 0.667. The molecule has 1 aromatic heterocycles. The molecule has 1 aliphatic rings. The summed E-state index contributed by atoms with van der Waals surface area (Å²) in [7, 11) is 2.16. The van der Waals surface area contributed by atoms with E-state index in [1.54, 1.807) is 11.3 Å². The Labute approximate surface area is 88.1 Å². The highest BCUT2D eigenvalue weighted by Crippen LogP contribution is 2.30. The van der Waals surface area contributed by atoms with Crippen LogP contribution in [0.1, 0.15) is 17.7 Å². The van der Waals surface area contributed by atoms with Gasteiger partial charge in [0.2, 0.25) is 0 Å². The van der Waals surface area contributed by atoms with Crippen LogP contribution in [0.5, 0.6) is 0 Å². The molecule has 0 unspecified atom stereocenters. The molecule has 1 aromatic rings. The van der Waals surface area contributed by atoms with Crippen molar-refractivity contribution in [1.82, 2.24) is 9.88 Å². The molecule has 0 atom stereocenters. The molecular weight excluding hydrogens is 196 g/mol.